The number of hydrogen-bond acceptors (Lipinski definition) is 3. The third-order valence-electron chi connectivity index (χ3n) is 2.79. The summed E-state index contributed by atoms with van der Waals surface area (Å²) in [5.74, 6) is -1.20. The van der Waals surface area contributed by atoms with Gasteiger partial charge < -0.3 is 10.1 Å². The number of anilines is 1. The molecule has 0 saturated carbocycles. The molecular formula is C16H10Cl2N2O3. The van der Waals surface area contributed by atoms with Gasteiger partial charge in [-0.2, -0.15) is 0 Å². The Bertz CT molecular complexity index is 783. The van der Waals surface area contributed by atoms with E-state index in [4.69, 9.17) is 34.5 Å². The van der Waals surface area contributed by atoms with Crippen LogP contribution in [0.4, 0.5) is 11.4 Å². The minimum Gasteiger partial charge on any atom is -0.452 e. The minimum atomic E-state index is -0.658. The number of nitrogens with zero attached hydrogens (tertiary/aromatic N) is 1. The molecule has 0 saturated heterocycles. The van der Waals surface area contributed by atoms with Crippen molar-refractivity contribution in [3.05, 3.63) is 69.5 Å². The molecule has 0 unspecified atom stereocenters. The standard InChI is InChI=1S/C16H10Cl2N2O3/c1-19-11-7-5-10(6-8-11)16(22)23-9-14(21)20-13-4-2-3-12(17)15(13)18/h2-8H,9H2,(H,20,21). The predicted octanol–water partition coefficient (Wildman–Crippen LogP) is 4.34. The van der Waals surface area contributed by atoms with Crippen LogP contribution in [0.3, 0.4) is 0 Å². The van der Waals surface area contributed by atoms with Gasteiger partial charge in [0.15, 0.2) is 12.3 Å². The number of rotatable bonds is 4. The largest absolute Gasteiger partial charge is 0.452 e. The van der Waals surface area contributed by atoms with Gasteiger partial charge in [0.25, 0.3) is 5.91 Å². The van der Waals surface area contributed by atoms with Crippen LogP contribution in [0.2, 0.25) is 10.0 Å². The maximum Gasteiger partial charge on any atom is 0.338 e. The monoisotopic (exact) mass is 348 g/mol. The quantitative estimate of drug-likeness (QED) is 0.660. The molecule has 2 aromatic carbocycles. The van der Waals surface area contributed by atoms with Crippen LogP contribution in [0.1, 0.15) is 10.4 Å². The van der Waals surface area contributed by atoms with Crippen LogP contribution >= 0.6 is 23.2 Å². The summed E-state index contributed by atoms with van der Waals surface area (Å²) in [4.78, 5) is 26.8. The van der Waals surface area contributed by atoms with Gasteiger partial charge in [0, 0.05) is 0 Å². The first-order valence-corrected chi connectivity index (χ1v) is 7.15. The van der Waals surface area contributed by atoms with Gasteiger partial charge in [-0.25, -0.2) is 9.64 Å². The summed E-state index contributed by atoms with van der Waals surface area (Å²) in [6, 6.07) is 10.7. The molecule has 0 aromatic heterocycles. The number of esters is 1. The molecule has 7 heteroatoms. The molecule has 0 spiro atoms. The number of ether oxygens (including phenoxy) is 1. The Morgan fingerprint density at radius 3 is 2.48 bits per heavy atom. The molecular weight excluding hydrogens is 339 g/mol. The van der Waals surface area contributed by atoms with E-state index in [1.54, 1.807) is 18.2 Å². The summed E-state index contributed by atoms with van der Waals surface area (Å²) in [6.45, 7) is 6.37. The summed E-state index contributed by atoms with van der Waals surface area (Å²) < 4.78 is 4.90. The Morgan fingerprint density at radius 2 is 1.83 bits per heavy atom. The number of benzene rings is 2. The summed E-state index contributed by atoms with van der Waals surface area (Å²) in [5, 5.41) is 3.02. The molecule has 0 fully saturated rings. The van der Waals surface area contributed by atoms with Gasteiger partial charge in [-0.1, -0.05) is 53.5 Å². The van der Waals surface area contributed by atoms with Crippen LogP contribution < -0.4 is 5.32 Å². The van der Waals surface area contributed by atoms with Crippen LogP contribution in [0.5, 0.6) is 0 Å². The predicted molar refractivity (Wildman–Crippen MR) is 88.1 cm³/mol. The first-order valence-electron chi connectivity index (χ1n) is 6.40. The number of nitrogens with one attached hydrogen (secondary N) is 1. The molecule has 1 N–H and O–H groups in total. The number of carbonyl (C=O) groups is 2. The van der Waals surface area contributed by atoms with Crippen molar-refractivity contribution in [3.8, 4) is 0 Å². The van der Waals surface area contributed by atoms with Crippen LogP contribution in [-0.4, -0.2) is 18.5 Å². The Hall–Kier alpha value is -2.55. The van der Waals surface area contributed by atoms with E-state index >= 15 is 0 Å². The second-order valence-corrected chi connectivity index (χ2v) is 5.17. The lowest BCUT2D eigenvalue weighted by Crippen LogP contribution is -2.21. The highest BCUT2D eigenvalue weighted by molar-refractivity contribution is 6.44. The number of amides is 1. The molecule has 0 atom stereocenters. The van der Waals surface area contributed by atoms with Gasteiger partial charge >= 0.3 is 5.97 Å². The Balaban J connectivity index is 1.92. The average molecular weight is 349 g/mol. The van der Waals surface area contributed by atoms with Crippen LogP contribution in [0, 0.1) is 6.57 Å². The van der Waals surface area contributed by atoms with Gasteiger partial charge in [-0.15, -0.1) is 0 Å². The molecule has 2 rings (SSSR count). The topological polar surface area (TPSA) is 59.8 Å². The van der Waals surface area contributed by atoms with E-state index in [-0.39, 0.29) is 10.6 Å². The van der Waals surface area contributed by atoms with Crippen LogP contribution in [0.15, 0.2) is 42.5 Å². The minimum absolute atomic E-state index is 0.212. The first kappa shape index (κ1) is 16.8. The first-order chi connectivity index (χ1) is 11.0. The number of hydrogen-bond donors (Lipinski definition) is 1. The summed E-state index contributed by atoms with van der Waals surface area (Å²) in [5.41, 5.74) is 1.00. The summed E-state index contributed by atoms with van der Waals surface area (Å²) in [7, 11) is 0. The van der Waals surface area contributed by atoms with Crippen molar-refractivity contribution >= 4 is 46.5 Å². The lowest BCUT2D eigenvalue weighted by molar-refractivity contribution is -0.119. The maximum atomic E-state index is 11.8. The lowest BCUT2D eigenvalue weighted by Gasteiger charge is -2.09. The van der Waals surface area contributed by atoms with Gasteiger partial charge in [-0.3, -0.25) is 4.79 Å². The van der Waals surface area contributed by atoms with Crippen LogP contribution in [0.25, 0.3) is 4.85 Å². The Kier molecular flexibility index (Phi) is 5.58. The highest BCUT2D eigenvalue weighted by atomic mass is 35.5. The number of carbonyl (C=O) groups excluding carboxylic acids is 2. The SMILES string of the molecule is [C-]#[N+]c1ccc(C(=O)OCC(=O)Nc2cccc(Cl)c2Cl)cc1. The van der Waals surface area contributed by atoms with Crippen molar-refractivity contribution in [2.75, 3.05) is 11.9 Å². The lowest BCUT2D eigenvalue weighted by atomic mass is 10.2. The van der Waals surface area contributed by atoms with Crippen molar-refractivity contribution in [2.45, 2.75) is 0 Å². The molecule has 1 amide bonds. The molecule has 0 aliphatic heterocycles. The Morgan fingerprint density at radius 1 is 1.13 bits per heavy atom. The van der Waals surface area contributed by atoms with Crippen molar-refractivity contribution in [1.82, 2.24) is 0 Å². The second kappa shape index (κ2) is 7.63. The highest BCUT2D eigenvalue weighted by Crippen LogP contribution is 2.29. The molecule has 0 aliphatic rings. The smallest absolute Gasteiger partial charge is 0.338 e. The molecule has 116 valence electrons. The normalized spacial score (nSPS) is 9.78. The molecule has 23 heavy (non-hydrogen) atoms. The highest BCUT2D eigenvalue weighted by Gasteiger charge is 2.12. The zero-order chi connectivity index (χ0) is 16.8. The Labute approximate surface area is 142 Å². The third-order valence-corrected chi connectivity index (χ3v) is 3.61. The molecule has 5 nitrogen and oxygen atoms in total. The van der Waals surface area contributed by atoms with Gasteiger partial charge in [-0.05, 0) is 12.1 Å². The second-order valence-electron chi connectivity index (χ2n) is 4.38. The molecule has 0 bridgehead atoms. The van der Waals surface area contributed by atoms with Crippen LogP contribution in [-0.2, 0) is 9.53 Å². The molecule has 0 radical (unpaired) electrons. The fourth-order valence-electron chi connectivity index (χ4n) is 1.67. The zero-order valence-electron chi connectivity index (χ0n) is 11.7. The fraction of sp³-hybridized carbons (Fsp3) is 0.0625. The molecule has 2 aromatic rings. The molecule has 0 aliphatic carbocycles. The third kappa shape index (κ3) is 4.46. The van der Waals surface area contributed by atoms with Crippen molar-refractivity contribution in [1.29, 1.82) is 0 Å². The zero-order valence-corrected chi connectivity index (χ0v) is 13.2. The average Bonchev–Trinajstić information content (AvgIpc) is 2.57. The van der Waals surface area contributed by atoms with Crippen molar-refractivity contribution < 1.29 is 14.3 Å². The fourth-order valence-corrected chi connectivity index (χ4v) is 2.02. The summed E-state index contributed by atoms with van der Waals surface area (Å²) >= 11 is 11.8. The van der Waals surface area contributed by atoms with Gasteiger partial charge in [0.1, 0.15) is 0 Å². The van der Waals surface area contributed by atoms with Crippen molar-refractivity contribution in [2.24, 2.45) is 0 Å². The van der Waals surface area contributed by atoms with E-state index in [0.717, 1.165) is 0 Å². The van der Waals surface area contributed by atoms with Gasteiger partial charge in [0.05, 0.1) is 27.9 Å². The van der Waals surface area contributed by atoms with E-state index in [9.17, 15) is 9.59 Å². The number of halogens is 2. The van der Waals surface area contributed by atoms with E-state index < -0.39 is 18.5 Å². The maximum absolute atomic E-state index is 11.8. The van der Waals surface area contributed by atoms with E-state index in [2.05, 4.69) is 10.2 Å². The van der Waals surface area contributed by atoms with Gasteiger partial charge in [0.2, 0.25) is 0 Å². The molecule has 0 heterocycles. The van der Waals surface area contributed by atoms with E-state index in [1.807, 2.05) is 0 Å². The summed E-state index contributed by atoms with van der Waals surface area (Å²) in [6.07, 6.45) is 0. The van der Waals surface area contributed by atoms with E-state index in [1.165, 1.54) is 24.3 Å². The van der Waals surface area contributed by atoms with Crippen molar-refractivity contribution in [3.63, 3.8) is 0 Å². The van der Waals surface area contributed by atoms with E-state index in [0.29, 0.717) is 16.4 Å².